The van der Waals surface area contributed by atoms with Crippen molar-refractivity contribution in [1.29, 1.82) is 5.26 Å². The third-order valence-corrected chi connectivity index (χ3v) is 3.36. The number of fused-ring (bicyclic) bond motifs is 1. The second kappa shape index (κ2) is 5.31. The minimum Gasteiger partial charge on any atom is -0.441 e. The van der Waals surface area contributed by atoms with Gasteiger partial charge in [-0.15, -0.1) is 0 Å². The van der Waals surface area contributed by atoms with Crippen molar-refractivity contribution >= 4 is 16.8 Å². The standard InChI is InChI=1S/C15H19N3O/c1-10(2)12(8-16)9-18(4)13-5-6-14-15(7-13)19-11(3)17-14/h5-7,10,12H,9H2,1-4H3. The SMILES string of the molecule is Cc1nc2ccc(N(C)CC(C#N)C(C)C)cc2o1. The van der Waals surface area contributed by atoms with Gasteiger partial charge in [0.25, 0.3) is 0 Å². The number of aryl methyl sites for hydroxylation is 1. The zero-order chi connectivity index (χ0) is 14.0. The van der Waals surface area contributed by atoms with Crippen LogP contribution in [0.4, 0.5) is 5.69 Å². The third kappa shape index (κ3) is 2.87. The van der Waals surface area contributed by atoms with E-state index in [0.29, 0.717) is 18.4 Å². The summed E-state index contributed by atoms with van der Waals surface area (Å²) in [7, 11) is 2.00. The van der Waals surface area contributed by atoms with Gasteiger partial charge < -0.3 is 9.32 Å². The smallest absolute Gasteiger partial charge is 0.192 e. The molecule has 0 N–H and O–H groups in total. The molecule has 1 heterocycles. The Morgan fingerprint density at radius 1 is 1.42 bits per heavy atom. The fourth-order valence-corrected chi connectivity index (χ4v) is 2.07. The van der Waals surface area contributed by atoms with Gasteiger partial charge in [0, 0.05) is 32.3 Å². The van der Waals surface area contributed by atoms with Crippen LogP contribution in [0.2, 0.25) is 0 Å². The van der Waals surface area contributed by atoms with Crippen LogP contribution in [-0.2, 0) is 0 Å². The first kappa shape index (κ1) is 13.4. The van der Waals surface area contributed by atoms with Crippen LogP contribution in [0.1, 0.15) is 19.7 Å². The molecule has 0 radical (unpaired) electrons. The van der Waals surface area contributed by atoms with Gasteiger partial charge in [-0.25, -0.2) is 4.98 Å². The number of benzene rings is 1. The molecule has 19 heavy (non-hydrogen) atoms. The first-order chi connectivity index (χ1) is 9.01. The van der Waals surface area contributed by atoms with Crippen LogP contribution in [0.25, 0.3) is 11.1 Å². The van der Waals surface area contributed by atoms with Crippen LogP contribution >= 0.6 is 0 Å². The van der Waals surface area contributed by atoms with Gasteiger partial charge in [0.1, 0.15) is 5.52 Å². The first-order valence-electron chi connectivity index (χ1n) is 6.49. The van der Waals surface area contributed by atoms with Crippen molar-refractivity contribution in [2.45, 2.75) is 20.8 Å². The number of hydrogen-bond acceptors (Lipinski definition) is 4. The van der Waals surface area contributed by atoms with E-state index in [4.69, 9.17) is 9.68 Å². The molecular weight excluding hydrogens is 238 g/mol. The molecule has 1 aromatic carbocycles. The Balaban J connectivity index is 2.21. The number of aromatic nitrogens is 1. The normalized spacial score (nSPS) is 12.6. The average Bonchev–Trinajstić information content (AvgIpc) is 2.74. The number of oxazole rings is 1. The topological polar surface area (TPSA) is 53.1 Å². The highest BCUT2D eigenvalue weighted by Crippen LogP contribution is 2.23. The second-order valence-electron chi connectivity index (χ2n) is 5.25. The summed E-state index contributed by atoms with van der Waals surface area (Å²) in [4.78, 5) is 6.37. The first-order valence-corrected chi connectivity index (χ1v) is 6.49. The third-order valence-electron chi connectivity index (χ3n) is 3.36. The number of nitrogens with zero attached hydrogens (tertiary/aromatic N) is 3. The van der Waals surface area contributed by atoms with Gasteiger partial charge in [0.2, 0.25) is 0 Å². The van der Waals surface area contributed by atoms with E-state index in [1.165, 1.54) is 0 Å². The summed E-state index contributed by atoms with van der Waals surface area (Å²) >= 11 is 0. The van der Waals surface area contributed by atoms with Gasteiger partial charge in [0.05, 0.1) is 12.0 Å². The van der Waals surface area contributed by atoms with Crippen molar-refractivity contribution < 1.29 is 4.42 Å². The molecule has 100 valence electrons. The molecule has 0 aliphatic rings. The van der Waals surface area contributed by atoms with Crippen molar-refractivity contribution in [2.24, 2.45) is 11.8 Å². The van der Waals surface area contributed by atoms with E-state index < -0.39 is 0 Å². The molecule has 0 aliphatic heterocycles. The summed E-state index contributed by atoms with van der Waals surface area (Å²) in [5.74, 6) is 1.05. The fraction of sp³-hybridized carbons (Fsp3) is 0.467. The Morgan fingerprint density at radius 3 is 2.79 bits per heavy atom. The highest BCUT2D eigenvalue weighted by molar-refractivity contribution is 5.77. The summed E-state index contributed by atoms with van der Waals surface area (Å²) < 4.78 is 5.53. The zero-order valence-electron chi connectivity index (χ0n) is 11.8. The molecular formula is C15H19N3O. The number of hydrogen-bond donors (Lipinski definition) is 0. The van der Waals surface area contributed by atoms with E-state index in [1.807, 2.05) is 32.2 Å². The van der Waals surface area contributed by atoms with Crippen LogP contribution in [-0.4, -0.2) is 18.6 Å². The molecule has 4 nitrogen and oxygen atoms in total. The molecule has 0 amide bonds. The van der Waals surface area contributed by atoms with Gasteiger partial charge in [-0.05, 0) is 18.1 Å². The summed E-state index contributed by atoms with van der Waals surface area (Å²) in [5, 5.41) is 9.16. The Kier molecular flexibility index (Phi) is 3.75. The summed E-state index contributed by atoms with van der Waals surface area (Å²) in [5.41, 5.74) is 2.71. The molecule has 0 spiro atoms. The van der Waals surface area contributed by atoms with E-state index in [9.17, 15) is 0 Å². The van der Waals surface area contributed by atoms with Gasteiger partial charge >= 0.3 is 0 Å². The average molecular weight is 257 g/mol. The molecule has 0 aliphatic carbocycles. The summed E-state index contributed by atoms with van der Waals surface area (Å²) in [6, 6.07) is 8.31. The van der Waals surface area contributed by atoms with E-state index in [2.05, 4.69) is 29.8 Å². The van der Waals surface area contributed by atoms with Crippen molar-refractivity contribution in [2.75, 3.05) is 18.5 Å². The monoisotopic (exact) mass is 257 g/mol. The molecule has 1 aromatic heterocycles. The Hall–Kier alpha value is -2.02. The fourth-order valence-electron chi connectivity index (χ4n) is 2.07. The van der Waals surface area contributed by atoms with Crippen molar-refractivity contribution in [3.05, 3.63) is 24.1 Å². The lowest BCUT2D eigenvalue weighted by Crippen LogP contribution is -2.27. The van der Waals surface area contributed by atoms with Gasteiger partial charge in [-0.3, -0.25) is 0 Å². The molecule has 2 rings (SSSR count). The lowest BCUT2D eigenvalue weighted by atomic mass is 9.97. The predicted octanol–water partition coefficient (Wildman–Crippen LogP) is 3.37. The lowest BCUT2D eigenvalue weighted by molar-refractivity contribution is 0.477. The maximum absolute atomic E-state index is 9.16. The summed E-state index contributed by atoms with van der Waals surface area (Å²) in [6.45, 7) is 6.70. The van der Waals surface area contributed by atoms with Gasteiger partial charge in [-0.2, -0.15) is 5.26 Å². The molecule has 0 saturated heterocycles. The molecule has 0 fully saturated rings. The molecule has 4 heteroatoms. The van der Waals surface area contributed by atoms with E-state index in [-0.39, 0.29) is 5.92 Å². The van der Waals surface area contributed by atoms with Crippen LogP contribution in [0.3, 0.4) is 0 Å². The minimum absolute atomic E-state index is 0.0251. The summed E-state index contributed by atoms with van der Waals surface area (Å²) in [6.07, 6.45) is 0. The Labute approximate surface area is 113 Å². The van der Waals surface area contributed by atoms with Crippen LogP contribution in [0.15, 0.2) is 22.6 Å². The zero-order valence-corrected chi connectivity index (χ0v) is 11.8. The molecule has 1 unspecified atom stereocenters. The highest BCUT2D eigenvalue weighted by atomic mass is 16.3. The van der Waals surface area contributed by atoms with Gasteiger partial charge in [0.15, 0.2) is 11.5 Å². The molecule has 1 atom stereocenters. The largest absolute Gasteiger partial charge is 0.441 e. The van der Waals surface area contributed by atoms with Crippen molar-refractivity contribution in [3.8, 4) is 6.07 Å². The number of nitriles is 1. The van der Waals surface area contributed by atoms with Crippen molar-refractivity contribution in [1.82, 2.24) is 4.98 Å². The Morgan fingerprint density at radius 2 is 2.16 bits per heavy atom. The van der Waals surface area contributed by atoms with Crippen molar-refractivity contribution in [3.63, 3.8) is 0 Å². The molecule has 0 saturated carbocycles. The molecule has 0 bridgehead atoms. The highest BCUT2D eigenvalue weighted by Gasteiger charge is 2.16. The van der Waals surface area contributed by atoms with E-state index in [1.54, 1.807) is 0 Å². The van der Waals surface area contributed by atoms with Crippen LogP contribution < -0.4 is 4.90 Å². The predicted molar refractivity (Wildman–Crippen MR) is 76.0 cm³/mol. The minimum atomic E-state index is 0.0251. The molecule has 2 aromatic rings. The van der Waals surface area contributed by atoms with E-state index >= 15 is 0 Å². The van der Waals surface area contributed by atoms with Gasteiger partial charge in [-0.1, -0.05) is 13.8 Å². The number of anilines is 1. The lowest BCUT2D eigenvalue weighted by Gasteiger charge is -2.23. The second-order valence-corrected chi connectivity index (χ2v) is 5.25. The van der Waals surface area contributed by atoms with E-state index in [0.717, 1.165) is 16.8 Å². The maximum Gasteiger partial charge on any atom is 0.192 e. The maximum atomic E-state index is 9.16. The quantitative estimate of drug-likeness (QED) is 0.842. The Bertz CT molecular complexity index is 609. The van der Waals surface area contributed by atoms with Crippen LogP contribution in [0, 0.1) is 30.1 Å². The number of rotatable bonds is 4. The van der Waals surface area contributed by atoms with Crippen LogP contribution in [0.5, 0.6) is 0 Å².